The fourth-order valence-corrected chi connectivity index (χ4v) is 7.64. The molecule has 0 bridgehead atoms. The van der Waals surface area contributed by atoms with E-state index in [9.17, 15) is 18.0 Å². The number of para-hydroxylation sites is 1. The number of carbonyl (C=O) groups excluding carboxylic acids is 1. The Labute approximate surface area is 267 Å². The first-order valence-corrected chi connectivity index (χ1v) is 16.6. The van der Waals surface area contributed by atoms with Gasteiger partial charge in [0, 0.05) is 33.2 Å². The number of nitrogens with zero attached hydrogens (tertiary/aromatic N) is 4. The Kier molecular flexibility index (Phi) is 9.55. The Hall–Kier alpha value is -3.57. The molecule has 5 rings (SSSR count). The fourth-order valence-electron chi connectivity index (χ4n) is 5.67. The van der Waals surface area contributed by atoms with E-state index >= 15 is 0 Å². The number of hydrogen-bond donors (Lipinski definition) is 1. The quantitative estimate of drug-likeness (QED) is 0.249. The van der Waals surface area contributed by atoms with Crippen LogP contribution in [-0.2, 0) is 23.6 Å². The van der Waals surface area contributed by atoms with Gasteiger partial charge in [0.15, 0.2) is 0 Å². The molecule has 0 unspecified atom stereocenters. The fraction of sp³-hybridized carbons (Fsp3) is 0.312. The maximum atomic E-state index is 13.7. The molecule has 4 aromatic rings. The molecule has 1 atom stereocenters. The zero-order chi connectivity index (χ0) is 31.6. The van der Waals surface area contributed by atoms with Crippen LogP contribution in [0.25, 0.3) is 5.69 Å². The molecule has 1 aliphatic rings. The van der Waals surface area contributed by atoms with Gasteiger partial charge in [-0.3, -0.25) is 23.9 Å². The van der Waals surface area contributed by atoms with Gasteiger partial charge in [-0.25, -0.2) is 13.1 Å². The number of nitrogens with one attached hydrogen (secondary N) is 1. The monoisotopic (exact) mass is 655 g/mol. The average Bonchev–Trinajstić information content (AvgIpc) is 3.21. The maximum Gasteiger partial charge on any atom is 0.296 e. The van der Waals surface area contributed by atoms with Crippen LogP contribution in [-0.4, -0.2) is 59.7 Å². The number of piperidine rings is 1. The van der Waals surface area contributed by atoms with E-state index in [4.69, 9.17) is 23.2 Å². The van der Waals surface area contributed by atoms with Crippen LogP contribution in [0.1, 0.15) is 40.9 Å². The van der Waals surface area contributed by atoms with E-state index < -0.39 is 21.5 Å². The van der Waals surface area contributed by atoms with Gasteiger partial charge in [0.1, 0.15) is 10.6 Å². The number of aromatic nitrogens is 2. The summed E-state index contributed by atoms with van der Waals surface area (Å²) in [6.45, 7) is 3.81. The number of carbonyl (C=O) groups is 1. The van der Waals surface area contributed by atoms with Crippen molar-refractivity contribution in [3.8, 4) is 5.69 Å². The number of anilines is 1. The summed E-state index contributed by atoms with van der Waals surface area (Å²) in [5.74, 6) is -0.421. The molecule has 232 valence electrons. The minimum atomic E-state index is -4.39. The molecular formula is C32H35Cl2N5O4S. The van der Waals surface area contributed by atoms with Crippen LogP contribution >= 0.6 is 23.2 Å². The lowest BCUT2D eigenvalue weighted by Gasteiger charge is -2.38. The van der Waals surface area contributed by atoms with Gasteiger partial charge < -0.3 is 4.90 Å². The average molecular weight is 657 g/mol. The highest BCUT2D eigenvalue weighted by molar-refractivity contribution is 7.92. The molecular weight excluding hydrogens is 621 g/mol. The molecule has 12 heteroatoms. The smallest absolute Gasteiger partial charge is 0.296 e. The van der Waals surface area contributed by atoms with Gasteiger partial charge >= 0.3 is 0 Å². The van der Waals surface area contributed by atoms with E-state index in [-0.39, 0.29) is 32.2 Å². The summed E-state index contributed by atoms with van der Waals surface area (Å²) in [7, 11) is -1.04. The van der Waals surface area contributed by atoms with Gasteiger partial charge in [-0.05, 0) is 56.1 Å². The predicted molar refractivity (Wildman–Crippen MR) is 174 cm³/mol. The van der Waals surface area contributed by atoms with Crippen molar-refractivity contribution >= 4 is 44.8 Å². The minimum absolute atomic E-state index is 0.0100. The summed E-state index contributed by atoms with van der Waals surface area (Å²) in [6, 6.07) is 21.7. The van der Waals surface area contributed by atoms with E-state index in [2.05, 4.69) is 21.8 Å². The Bertz CT molecular complexity index is 1820. The third-order valence-electron chi connectivity index (χ3n) is 8.14. The SMILES string of the molecule is Cc1c(NS(=O)(=O)c2cc(C(=O)N(C)C[C@H]3CCCCN3Cc3ccccc3)c(Cl)cc2Cl)c(=O)n(-c2ccccc2)n1C. The Morgan fingerprint density at radius 2 is 1.66 bits per heavy atom. The van der Waals surface area contributed by atoms with Crippen LogP contribution in [0.2, 0.25) is 10.0 Å². The van der Waals surface area contributed by atoms with Crippen LogP contribution in [0.3, 0.4) is 0 Å². The van der Waals surface area contributed by atoms with Crippen LogP contribution < -0.4 is 10.3 Å². The molecule has 1 fully saturated rings. The normalized spacial score (nSPS) is 15.7. The number of hydrogen-bond acceptors (Lipinski definition) is 5. The van der Waals surface area contributed by atoms with Gasteiger partial charge in [-0.15, -0.1) is 0 Å². The zero-order valence-corrected chi connectivity index (χ0v) is 27.2. The van der Waals surface area contributed by atoms with E-state index in [1.165, 1.54) is 22.4 Å². The lowest BCUT2D eigenvalue weighted by atomic mass is 10.0. The first-order chi connectivity index (χ1) is 21.0. The molecule has 9 nitrogen and oxygen atoms in total. The highest BCUT2D eigenvalue weighted by atomic mass is 35.5. The number of amides is 1. The van der Waals surface area contributed by atoms with Crippen molar-refractivity contribution in [1.82, 2.24) is 19.2 Å². The summed E-state index contributed by atoms with van der Waals surface area (Å²) in [4.78, 5) is 30.6. The Balaban J connectivity index is 1.39. The van der Waals surface area contributed by atoms with Gasteiger partial charge in [-0.2, -0.15) is 0 Å². The second-order valence-electron chi connectivity index (χ2n) is 11.1. The van der Waals surface area contributed by atoms with Crippen LogP contribution in [0, 0.1) is 6.92 Å². The number of benzene rings is 3. The summed E-state index contributed by atoms with van der Waals surface area (Å²) in [6.07, 6.45) is 3.10. The maximum absolute atomic E-state index is 13.7. The van der Waals surface area contributed by atoms with Crippen LogP contribution in [0.4, 0.5) is 5.69 Å². The molecule has 1 aliphatic heterocycles. The van der Waals surface area contributed by atoms with Crippen molar-refractivity contribution in [3.05, 3.63) is 110 Å². The largest absolute Gasteiger partial charge is 0.340 e. The highest BCUT2D eigenvalue weighted by Gasteiger charge is 2.29. The standard InChI is InChI=1S/C32H35Cl2N5O4S/c1-22-30(32(41)39(37(22)3)24-14-8-5-9-15-24)35-44(42,43)29-18-26(27(33)19-28(29)34)31(40)36(2)21-25-16-10-11-17-38(25)20-23-12-6-4-7-13-23/h4-9,12-15,18-19,25,35H,10-11,16-17,20-21H2,1-3H3/t25-/m1/s1. The molecule has 1 N–H and O–H groups in total. The first-order valence-electron chi connectivity index (χ1n) is 14.4. The third kappa shape index (κ3) is 6.58. The van der Waals surface area contributed by atoms with Crippen molar-refractivity contribution < 1.29 is 13.2 Å². The summed E-state index contributed by atoms with van der Waals surface area (Å²) >= 11 is 12.8. The topological polar surface area (TPSA) is 96.7 Å². The van der Waals surface area contributed by atoms with Gasteiger partial charge in [-0.1, -0.05) is 78.2 Å². The Morgan fingerprint density at radius 3 is 2.34 bits per heavy atom. The molecule has 44 heavy (non-hydrogen) atoms. The number of rotatable bonds is 9. The second-order valence-corrected chi connectivity index (χ2v) is 13.6. The highest BCUT2D eigenvalue weighted by Crippen LogP contribution is 2.31. The first kappa shape index (κ1) is 31.8. The minimum Gasteiger partial charge on any atom is -0.340 e. The van der Waals surface area contributed by atoms with Crippen molar-refractivity contribution in [3.63, 3.8) is 0 Å². The number of likely N-dealkylation sites (N-methyl/N-ethyl adjacent to an activating group) is 1. The molecule has 0 aliphatic carbocycles. The summed E-state index contributed by atoms with van der Waals surface area (Å²) < 4.78 is 32.6. The van der Waals surface area contributed by atoms with Crippen molar-refractivity contribution in [1.29, 1.82) is 0 Å². The number of halogens is 2. The molecule has 2 heterocycles. The van der Waals surface area contributed by atoms with Crippen molar-refractivity contribution in [2.24, 2.45) is 7.05 Å². The van der Waals surface area contributed by atoms with Gasteiger partial charge in [0.2, 0.25) is 0 Å². The number of likely N-dealkylation sites (tertiary alicyclic amines) is 1. The third-order valence-corrected chi connectivity index (χ3v) is 10.3. The van der Waals surface area contributed by atoms with Crippen molar-refractivity contribution in [2.45, 2.75) is 43.7 Å². The zero-order valence-electron chi connectivity index (χ0n) is 24.8. The Morgan fingerprint density at radius 1 is 1.00 bits per heavy atom. The molecule has 0 spiro atoms. The second kappa shape index (κ2) is 13.2. The molecule has 1 amide bonds. The molecule has 0 radical (unpaired) electrons. The lowest BCUT2D eigenvalue weighted by Crippen LogP contribution is -2.46. The predicted octanol–water partition coefficient (Wildman–Crippen LogP) is 5.72. The summed E-state index contributed by atoms with van der Waals surface area (Å²) in [5.41, 5.74) is 1.53. The van der Waals surface area contributed by atoms with Crippen LogP contribution in [0.5, 0.6) is 0 Å². The number of sulfonamides is 1. The molecule has 0 saturated carbocycles. The molecule has 1 aromatic heterocycles. The van der Waals surface area contributed by atoms with Crippen LogP contribution in [0.15, 0.2) is 82.5 Å². The van der Waals surface area contributed by atoms with E-state index in [1.807, 2.05) is 24.3 Å². The van der Waals surface area contributed by atoms with E-state index in [0.717, 1.165) is 32.4 Å². The van der Waals surface area contributed by atoms with Crippen molar-refractivity contribution in [2.75, 3.05) is 24.9 Å². The van der Waals surface area contributed by atoms with Gasteiger partial charge in [0.05, 0.1) is 27.0 Å². The summed E-state index contributed by atoms with van der Waals surface area (Å²) in [5, 5.41) is -0.127. The van der Waals surface area contributed by atoms with E-state index in [1.54, 1.807) is 54.9 Å². The molecule has 3 aromatic carbocycles. The lowest BCUT2D eigenvalue weighted by molar-refractivity contribution is 0.0670. The van der Waals surface area contributed by atoms with E-state index in [0.29, 0.717) is 17.9 Å². The van der Waals surface area contributed by atoms with Gasteiger partial charge in [0.25, 0.3) is 21.5 Å². The molecule has 1 saturated heterocycles.